The maximum Gasteiger partial charge on any atom is 0.0210 e. The fourth-order valence-electron chi connectivity index (χ4n) is 2.24. The van der Waals surface area contributed by atoms with Crippen LogP contribution in [-0.4, -0.2) is 12.6 Å². The molecule has 15 heavy (non-hydrogen) atoms. The van der Waals surface area contributed by atoms with Crippen LogP contribution in [0.15, 0.2) is 28.7 Å². The Labute approximate surface area is 99.4 Å². The highest BCUT2D eigenvalue weighted by atomic mass is 79.9. The van der Waals surface area contributed by atoms with Gasteiger partial charge in [-0.25, -0.2) is 0 Å². The molecule has 1 aromatic rings. The van der Waals surface area contributed by atoms with Gasteiger partial charge in [0.05, 0.1) is 0 Å². The molecule has 80 valence electrons. The Morgan fingerprint density at radius 2 is 2.07 bits per heavy atom. The van der Waals surface area contributed by atoms with Crippen molar-refractivity contribution in [3.8, 4) is 0 Å². The quantitative estimate of drug-likeness (QED) is 0.881. The molecule has 0 bridgehead atoms. The van der Waals surface area contributed by atoms with E-state index in [-0.39, 0.29) is 0 Å². The van der Waals surface area contributed by atoms with Crippen molar-refractivity contribution < 1.29 is 0 Å². The van der Waals surface area contributed by atoms with Gasteiger partial charge in [0.2, 0.25) is 0 Å². The van der Waals surface area contributed by atoms with Gasteiger partial charge in [-0.3, -0.25) is 0 Å². The highest BCUT2D eigenvalue weighted by Crippen LogP contribution is 2.49. The molecule has 3 rings (SSSR count). The third-order valence-corrected chi connectivity index (χ3v) is 4.20. The molecule has 2 heteroatoms. The summed E-state index contributed by atoms with van der Waals surface area (Å²) in [6, 6.07) is 9.49. The molecule has 0 heterocycles. The first kappa shape index (κ1) is 9.86. The monoisotopic (exact) mass is 265 g/mol. The maximum atomic E-state index is 3.64. The minimum Gasteiger partial charge on any atom is -0.314 e. The largest absolute Gasteiger partial charge is 0.314 e. The summed E-state index contributed by atoms with van der Waals surface area (Å²) in [6.45, 7) is 1.22. The molecule has 2 aliphatic rings. The maximum absolute atomic E-state index is 3.64. The lowest BCUT2D eigenvalue weighted by molar-refractivity contribution is 0.623. The molecule has 0 aromatic heterocycles. The van der Waals surface area contributed by atoms with Crippen LogP contribution in [0.25, 0.3) is 0 Å². The van der Waals surface area contributed by atoms with Crippen molar-refractivity contribution in [2.45, 2.75) is 31.2 Å². The van der Waals surface area contributed by atoms with E-state index < -0.39 is 0 Å². The van der Waals surface area contributed by atoms with E-state index in [1.165, 1.54) is 35.8 Å². The van der Waals surface area contributed by atoms with E-state index in [9.17, 15) is 0 Å². The average molecular weight is 266 g/mol. The molecular weight excluding hydrogens is 250 g/mol. The standard InChI is InChI=1S/C13H16BrN/c14-13-4-2-1-3-11(13)12-7-9(12)8-15-10-5-6-10/h1-4,9-10,12,15H,5-8H2. The highest BCUT2D eigenvalue weighted by Gasteiger charge is 2.39. The van der Waals surface area contributed by atoms with E-state index in [1.807, 2.05) is 0 Å². The zero-order chi connectivity index (χ0) is 10.3. The Kier molecular flexibility index (Phi) is 2.57. The summed E-state index contributed by atoms with van der Waals surface area (Å²) in [4.78, 5) is 0. The van der Waals surface area contributed by atoms with E-state index in [4.69, 9.17) is 0 Å². The predicted octanol–water partition coefficient (Wildman–Crippen LogP) is 3.30. The fraction of sp³-hybridized carbons (Fsp3) is 0.538. The molecule has 2 saturated carbocycles. The summed E-state index contributed by atoms with van der Waals surface area (Å²) in [5.41, 5.74) is 1.50. The van der Waals surface area contributed by atoms with Gasteiger partial charge in [-0.1, -0.05) is 34.1 Å². The molecule has 2 atom stereocenters. The van der Waals surface area contributed by atoms with E-state index in [1.54, 1.807) is 0 Å². The zero-order valence-electron chi connectivity index (χ0n) is 8.75. The summed E-state index contributed by atoms with van der Waals surface area (Å²) in [5, 5.41) is 3.62. The summed E-state index contributed by atoms with van der Waals surface area (Å²) in [5.74, 6) is 1.68. The molecule has 2 aliphatic carbocycles. The third kappa shape index (κ3) is 2.26. The van der Waals surface area contributed by atoms with Crippen LogP contribution in [-0.2, 0) is 0 Å². The molecule has 2 unspecified atom stereocenters. The lowest BCUT2D eigenvalue weighted by Gasteiger charge is -2.04. The molecule has 0 amide bonds. The van der Waals surface area contributed by atoms with Crippen molar-refractivity contribution in [1.82, 2.24) is 5.32 Å². The molecule has 0 spiro atoms. The average Bonchev–Trinajstić information content (AvgIpc) is 3.12. The molecule has 1 N–H and O–H groups in total. The van der Waals surface area contributed by atoms with Crippen molar-refractivity contribution >= 4 is 15.9 Å². The minimum atomic E-state index is 0.798. The van der Waals surface area contributed by atoms with Crippen LogP contribution < -0.4 is 5.32 Å². The number of halogens is 1. The van der Waals surface area contributed by atoms with E-state index in [2.05, 4.69) is 45.5 Å². The SMILES string of the molecule is Brc1ccccc1C1CC1CNC1CC1. The van der Waals surface area contributed by atoms with Crippen LogP contribution >= 0.6 is 15.9 Å². The van der Waals surface area contributed by atoms with Crippen molar-refractivity contribution in [3.63, 3.8) is 0 Å². The van der Waals surface area contributed by atoms with Gasteiger partial charge >= 0.3 is 0 Å². The lowest BCUT2D eigenvalue weighted by atomic mass is 10.1. The number of nitrogens with one attached hydrogen (secondary N) is 1. The van der Waals surface area contributed by atoms with Crippen molar-refractivity contribution in [3.05, 3.63) is 34.3 Å². The summed E-state index contributed by atoms with van der Waals surface area (Å²) in [7, 11) is 0. The first-order valence-corrected chi connectivity index (χ1v) is 6.61. The number of hydrogen-bond acceptors (Lipinski definition) is 1. The highest BCUT2D eigenvalue weighted by molar-refractivity contribution is 9.10. The Hall–Kier alpha value is -0.340. The van der Waals surface area contributed by atoms with Crippen molar-refractivity contribution in [1.29, 1.82) is 0 Å². The van der Waals surface area contributed by atoms with Gasteiger partial charge in [0.15, 0.2) is 0 Å². The van der Waals surface area contributed by atoms with Gasteiger partial charge in [-0.2, -0.15) is 0 Å². The molecule has 0 radical (unpaired) electrons. The fourth-order valence-corrected chi connectivity index (χ4v) is 2.81. The Bertz CT molecular complexity index is 359. The second kappa shape index (κ2) is 3.91. The second-order valence-corrected chi connectivity index (χ2v) is 5.66. The number of hydrogen-bond donors (Lipinski definition) is 1. The van der Waals surface area contributed by atoms with Gasteiger partial charge in [0, 0.05) is 10.5 Å². The van der Waals surface area contributed by atoms with Crippen LogP contribution in [0.1, 0.15) is 30.7 Å². The normalized spacial score (nSPS) is 29.1. The Morgan fingerprint density at radius 3 is 2.80 bits per heavy atom. The van der Waals surface area contributed by atoms with Crippen LogP contribution in [0.3, 0.4) is 0 Å². The van der Waals surface area contributed by atoms with E-state index in [0.29, 0.717) is 0 Å². The molecule has 1 aromatic carbocycles. The van der Waals surface area contributed by atoms with Crippen molar-refractivity contribution in [2.75, 3.05) is 6.54 Å². The second-order valence-electron chi connectivity index (χ2n) is 4.81. The molecule has 2 fully saturated rings. The van der Waals surface area contributed by atoms with Gasteiger partial charge in [-0.05, 0) is 49.3 Å². The molecule has 0 aliphatic heterocycles. The van der Waals surface area contributed by atoms with Crippen molar-refractivity contribution in [2.24, 2.45) is 5.92 Å². The lowest BCUT2D eigenvalue weighted by Crippen LogP contribution is -2.19. The van der Waals surface area contributed by atoms with Gasteiger partial charge in [0.1, 0.15) is 0 Å². The zero-order valence-corrected chi connectivity index (χ0v) is 10.3. The first-order valence-electron chi connectivity index (χ1n) is 5.82. The van der Waals surface area contributed by atoms with Crippen LogP contribution in [0.5, 0.6) is 0 Å². The molecular formula is C13H16BrN. The number of benzene rings is 1. The van der Waals surface area contributed by atoms with Gasteiger partial charge in [0.25, 0.3) is 0 Å². The Balaban J connectivity index is 1.58. The van der Waals surface area contributed by atoms with Crippen LogP contribution in [0.2, 0.25) is 0 Å². The topological polar surface area (TPSA) is 12.0 Å². The van der Waals surface area contributed by atoms with Gasteiger partial charge < -0.3 is 5.32 Å². The third-order valence-electron chi connectivity index (χ3n) is 3.47. The summed E-state index contributed by atoms with van der Waals surface area (Å²) < 4.78 is 1.28. The molecule has 1 nitrogen and oxygen atoms in total. The first-order chi connectivity index (χ1) is 7.34. The Morgan fingerprint density at radius 1 is 1.27 bits per heavy atom. The summed E-state index contributed by atoms with van der Waals surface area (Å²) >= 11 is 3.64. The molecule has 0 saturated heterocycles. The van der Waals surface area contributed by atoms with E-state index >= 15 is 0 Å². The minimum absolute atomic E-state index is 0.798. The smallest absolute Gasteiger partial charge is 0.0210 e. The van der Waals surface area contributed by atoms with Crippen LogP contribution in [0.4, 0.5) is 0 Å². The van der Waals surface area contributed by atoms with Crippen LogP contribution in [0, 0.1) is 5.92 Å². The van der Waals surface area contributed by atoms with Gasteiger partial charge in [-0.15, -0.1) is 0 Å². The number of rotatable bonds is 4. The predicted molar refractivity (Wildman–Crippen MR) is 66.0 cm³/mol. The summed E-state index contributed by atoms with van der Waals surface area (Å²) in [6.07, 6.45) is 4.15. The van der Waals surface area contributed by atoms with E-state index in [0.717, 1.165) is 17.9 Å².